The Balaban J connectivity index is 0.000000568. The molecular weight excluding hydrogens is 470 g/mol. The van der Waals surface area contributed by atoms with Crippen LogP contribution in [0.5, 0.6) is 0 Å². The van der Waals surface area contributed by atoms with Crippen molar-refractivity contribution in [2.24, 2.45) is 0 Å². The first kappa shape index (κ1) is 33.8. The molecule has 1 nitrogen and oxygen atoms in total. The zero-order valence-corrected chi connectivity index (χ0v) is 27.1. The normalized spacial score (nSPS) is 13.7. The summed E-state index contributed by atoms with van der Waals surface area (Å²) >= 11 is 0. The van der Waals surface area contributed by atoms with Gasteiger partial charge in [-0.1, -0.05) is 150 Å². The van der Waals surface area contributed by atoms with Gasteiger partial charge in [0.25, 0.3) is 0 Å². The number of pyridine rings is 1. The molecule has 1 atom stereocenters. The number of aromatic nitrogens is 1. The fraction of sp³-hybridized carbons (Fsp3) is 0.395. The third-order valence-electron chi connectivity index (χ3n) is 6.98. The van der Waals surface area contributed by atoms with Gasteiger partial charge in [0, 0.05) is 24.1 Å². The van der Waals surface area contributed by atoms with E-state index >= 15 is 0 Å². The molecule has 2 heterocycles. The van der Waals surface area contributed by atoms with E-state index in [0.29, 0.717) is 6.04 Å². The topological polar surface area (TPSA) is 3.88 Å². The Morgan fingerprint density at radius 3 is 1.44 bits per heavy atom. The van der Waals surface area contributed by atoms with E-state index in [9.17, 15) is 0 Å². The maximum Gasteiger partial charge on any atom is 0.218 e. The monoisotopic (exact) mass is 524 g/mol. The summed E-state index contributed by atoms with van der Waals surface area (Å²) in [6.45, 7) is 26.3. The Labute approximate surface area is 241 Å². The first-order valence-corrected chi connectivity index (χ1v) is 15.7. The smallest absolute Gasteiger partial charge is 0.191 e. The molecule has 210 valence electrons. The maximum atomic E-state index is 2.47. The Hall–Kier alpha value is -3.19. The highest BCUT2D eigenvalue weighted by Crippen LogP contribution is 2.63. The van der Waals surface area contributed by atoms with Gasteiger partial charge in [0.2, 0.25) is 5.69 Å². The average molecular weight is 525 g/mol. The van der Waals surface area contributed by atoms with Gasteiger partial charge in [-0.05, 0) is 33.9 Å². The van der Waals surface area contributed by atoms with E-state index in [1.165, 1.54) is 50.2 Å². The lowest BCUT2D eigenvalue weighted by atomic mass is 9.70. The highest BCUT2D eigenvalue weighted by molar-refractivity contribution is 5.94. The first-order chi connectivity index (χ1) is 19.3. The van der Waals surface area contributed by atoms with E-state index in [4.69, 9.17) is 0 Å². The molecule has 2 aliphatic carbocycles. The van der Waals surface area contributed by atoms with Gasteiger partial charge in [0.05, 0.1) is 11.0 Å². The predicted molar refractivity (Wildman–Crippen MR) is 175 cm³/mol. The van der Waals surface area contributed by atoms with Gasteiger partial charge in [0.1, 0.15) is 0 Å². The number of rotatable bonds is 0. The lowest BCUT2D eigenvalue weighted by Gasteiger charge is -2.30. The molecule has 0 saturated heterocycles. The number of benzene rings is 3. The van der Waals surface area contributed by atoms with Crippen molar-refractivity contribution in [3.8, 4) is 22.4 Å². The molecule has 39 heavy (non-hydrogen) atoms. The van der Waals surface area contributed by atoms with Gasteiger partial charge in [-0.3, -0.25) is 0 Å². The highest BCUT2D eigenvalue weighted by atomic mass is 15.0. The molecule has 1 aliphatic heterocycles. The van der Waals surface area contributed by atoms with E-state index in [1.807, 2.05) is 83.1 Å². The summed E-state index contributed by atoms with van der Waals surface area (Å²) in [5.74, 6) is 0. The maximum absolute atomic E-state index is 2.47. The quantitative estimate of drug-likeness (QED) is 0.174. The largest absolute Gasteiger partial charge is 0.218 e. The third-order valence-corrected chi connectivity index (χ3v) is 6.98. The molecule has 4 aromatic rings. The Morgan fingerprint density at radius 1 is 0.487 bits per heavy atom. The van der Waals surface area contributed by atoms with Gasteiger partial charge in [-0.15, -0.1) is 0 Å². The molecule has 1 spiro atoms. The molecule has 0 fully saturated rings. The van der Waals surface area contributed by atoms with Crippen LogP contribution in [-0.2, 0) is 5.41 Å². The summed E-state index contributed by atoms with van der Waals surface area (Å²) in [4.78, 5) is 0. The van der Waals surface area contributed by atoms with Crippen LogP contribution in [0.1, 0.15) is 124 Å². The Bertz CT molecular complexity index is 1200. The van der Waals surface area contributed by atoms with Gasteiger partial charge >= 0.3 is 0 Å². The van der Waals surface area contributed by atoms with E-state index in [2.05, 4.69) is 96.6 Å². The van der Waals surface area contributed by atoms with Gasteiger partial charge in [0.15, 0.2) is 12.2 Å². The van der Waals surface area contributed by atoms with Crippen molar-refractivity contribution in [2.45, 2.75) is 101 Å². The summed E-state index contributed by atoms with van der Waals surface area (Å²) < 4.78 is 2.47. The van der Waals surface area contributed by atoms with E-state index in [0.717, 1.165) is 0 Å². The van der Waals surface area contributed by atoms with Crippen LogP contribution < -0.4 is 4.57 Å². The Morgan fingerprint density at radius 2 is 0.923 bits per heavy atom. The second-order valence-corrected chi connectivity index (χ2v) is 7.96. The summed E-state index contributed by atoms with van der Waals surface area (Å²) in [5.41, 5.74) is 12.7. The third kappa shape index (κ3) is 4.97. The predicted octanol–water partition coefficient (Wildman–Crippen LogP) is 11.4. The summed E-state index contributed by atoms with van der Waals surface area (Å²) in [6.07, 6.45) is 2.25. The number of hydrogen-bond donors (Lipinski definition) is 0. The molecule has 0 bridgehead atoms. The zero-order valence-electron chi connectivity index (χ0n) is 27.1. The van der Waals surface area contributed by atoms with Crippen LogP contribution in [0.15, 0.2) is 85.1 Å². The van der Waals surface area contributed by atoms with Crippen molar-refractivity contribution < 1.29 is 4.57 Å². The summed E-state index contributed by atoms with van der Waals surface area (Å²) in [6, 6.07) is 29.9. The summed E-state index contributed by atoms with van der Waals surface area (Å²) in [7, 11) is 0. The molecular formula is C38H54N+. The molecule has 7 rings (SSSR count). The van der Waals surface area contributed by atoms with Crippen molar-refractivity contribution in [3.05, 3.63) is 113 Å². The lowest BCUT2D eigenvalue weighted by molar-refractivity contribution is -0.694. The standard InChI is InChI=1S/C26H18N.6C2H6/c1-16-17-10-6-13-22-24(17)25-23(14-7-15-27(16)25)26(22)20-11-4-2-8-18(20)19-9-3-5-12-21(19)26;6*1-2/h2-16H,1H3;6*1-2H3/q+1;;;;;;/t16-;;;;;;/m1....../s1. The molecule has 3 aliphatic rings. The van der Waals surface area contributed by atoms with Crippen molar-refractivity contribution >= 4 is 0 Å². The van der Waals surface area contributed by atoms with Crippen LogP contribution in [0.3, 0.4) is 0 Å². The van der Waals surface area contributed by atoms with Crippen LogP contribution >= 0.6 is 0 Å². The second kappa shape index (κ2) is 16.0. The SMILES string of the molecule is CC.CC.CC.CC.CC.CC.C[C@@H]1c2cccc3c2-c2c(ccc[n+]21)C31c2ccccc2-c2ccccc21. The van der Waals surface area contributed by atoms with E-state index < -0.39 is 0 Å². The highest BCUT2D eigenvalue weighted by Gasteiger charge is 2.57. The zero-order chi connectivity index (χ0) is 29.8. The second-order valence-electron chi connectivity index (χ2n) is 7.96. The number of fused-ring (bicyclic) bond motifs is 7. The van der Waals surface area contributed by atoms with Crippen LogP contribution in [0.25, 0.3) is 22.4 Å². The lowest BCUT2D eigenvalue weighted by Crippen LogP contribution is -2.38. The minimum atomic E-state index is -0.184. The van der Waals surface area contributed by atoms with Crippen molar-refractivity contribution in [2.75, 3.05) is 0 Å². The van der Waals surface area contributed by atoms with Crippen LogP contribution in [0, 0.1) is 0 Å². The fourth-order valence-electron chi connectivity index (χ4n) is 6.02. The Kier molecular flexibility index (Phi) is 13.9. The summed E-state index contributed by atoms with van der Waals surface area (Å²) in [5, 5.41) is 0. The minimum Gasteiger partial charge on any atom is -0.191 e. The molecule has 0 N–H and O–H groups in total. The minimum absolute atomic E-state index is 0.184. The van der Waals surface area contributed by atoms with Gasteiger partial charge in [-0.25, -0.2) is 0 Å². The molecule has 0 unspecified atom stereocenters. The molecule has 1 heteroatoms. The van der Waals surface area contributed by atoms with Crippen molar-refractivity contribution in [1.29, 1.82) is 0 Å². The number of hydrogen-bond acceptors (Lipinski definition) is 0. The fourth-order valence-corrected chi connectivity index (χ4v) is 6.02. The van der Waals surface area contributed by atoms with Gasteiger partial charge < -0.3 is 0 Å². The van der Waals surface area contributed by atoms with Crippen LogP contribution in [0.2, 0.25) is 0 Å². The van der Waals surface area contributed by atoms with Gasteiger partial charge in [-0.2, -0.15) is 4.57 Å². The van der Waals surface area contributed by atoms with E-state index in [-0.39, 0.29) is 5.41 Å². The molecule has 3 aromatic carbocycles. The average Bonchev–Trinajstić information content (AvgIpc) is 3.65. The van der Waals surface area contributed by atoms with Crippen LogP contribution in [0.4, 0.5) is 0 Å². The van der Waals surface area contributed by atoms with E-state index in [1.54, 1.807) is 0 Å². The number of nitrogens with zero attached hydrogens (tertiary/aromatic N) is 1. The molecule has 0 radical (unpaired) electrons. The van der Waals surface area contributed by atoms with Crippen molar-refractivity contribution in [1.82, 2.24) is 0 Å². The molecule has 1 aromatic heterocycles. The molecule has 0 saturated carbocycles. The first-order valence-electron chi connectivity index (χ1n) is 15.7. The van der Waals surface area contributed by atoms with Crippen molar-refractivity contribution in [3.63, 3.8) is 0 Å². The van der Waals surface area contributed by atoms with Crippen LogP contribution in [-0.4, -0.2) is 0 Å². The molecule has 0 amide bonds.